The molecule has 0 unspecified atom stereocenters. The fourth-order valence-corrected chi connectivity index (χ4v) is 2.49. The van der Waals surface area contributed by atoms with E-state index in [1.165, 1.54) is 29.7 Å². The monoisotopic (exact) mass is 297 g/mol. The molecule has 5 nitrogen and oxygen atoms in total. The predicted molar refractivity (Wildman–Crippen MR) is 82.6 cm³/mol. The topological polar surface area (TPSA) is 74.8 Å². The first-order valence-electron chi connectivity index (χ1n) is 6.22. The number of aromatic nitrogens is 2. The number of hydrogen-bond donors (Lipinski definition) is 2. The van der Waals surface area contributed by atoms with Crippen LogP contribution in [0.1, 0.15) is 10.4 Å². The molecular formula is C15H11N3O2S. The Morgan fingerprint density at radius 2 is 2.14 bits per heavy atom. The molecule has 104 valence electrons. The Morgan fingerprint density at radius 1 is 1.24 bits per heavy atom. The van der Waals surface area contributed by atoms with Crippen LogP contribution in [0.25, 0.3) is 10.6 Å². The molecule has 0 spiro atoms. The molecule has 2 aromatic heterocycles. The van der Waals surface area contributed by atoms with Gasteiger partial charge >= 0.3 is 0 Å². The number of carbonyl (C=O) groups excluding carboxylic acids is 1. The molecule has 0 atom stereocenters. The molecule has 0 fully saturated rings. The Balaban J connectivity index is 1.82. The van der Waals surface area contributed by atoms with Gasteiger partial charge in [0, 0.05) is 35.1 Å². The first kappa shape index (κ1) is 13.3. The number of nitrogens with one attached hydrogen (secondary N) is 2. The van der Waals surface area contributed by atoms with Crippen LogP contribution in [0.2, 0.25) is 0 Å². The van der Waals surface area contributed by atoms with E-state index in [4.69, 9.17) is 0 Å². The van der Waals surface area contributed by atoms with Crippen molar-refractivity contribution in [3.63, 3.8) is 0 Å². The second-order valence-electron chi connectivity index (χ2n) is 4.31. The van der Waals surface area contributed by atoms with Crippen LogP contribution >= 0.6 is 11.3 Å². The molecule has 0 aliphatic carbocycles. The van der Waals surface area contributed by atoms with Crippen molar-refractivity contribution in [2.75, 3.05) is 5.32 Å². The number of H-pyrrole nitrogens is 1. The zero-order valence-corrected chi connectivity index (χ0v) is 11.7. The molecular weight excluding hydrogens is 286 g/mol. The summed E-state index contributed by atoms with van der Waals surface area (Å²) in [6.45, 7) is 0. The summed E-state index contributed by atoms with van der Waals surface area (Å²) >= 11 is 1.54. The number of thiazole rings is 1. The largest absolute Gasteiger partial charge is 0.328 e. The Hall–Kier alpha value is -2.73. The average molecular weight is 297 g/mol. The van der Waals surface area contributed by atoms with Crippen LogP contribution in [0.15, 0.2) is 59.0 Å². The molecule has 3 rings (SSSR count). The minimum absolute atomic E-state index is 0.239. The lowest BCUT2D eigenvalue weighted by Gasteiger charge is -2.06. The third-order valence-corrected chi connectivity index (χ3v) is 3.67. The lowest BCUT2D eigenvalue weighted by molar-refractivity contribution is 0.102. The van der Waals surface area contributed by atoms with E-state index in [9.17, 15) is 9.59 Å². The summed E-state index contributed by atoms with van der Waals surface area (Å²) in [5.74, 6) is -0.275. The number of amides is 1. The minimum atomic E-state index is -0.275. The van der Waals surface area contributed by atoms with Crippen LogP contribution in [0.4, 0.5) is 5.69 Å². The van der Waals surface area contributed by atoms with Gasteiger partial charge in [0.05, 0.1) is 5.56 Å². The van der Waals surface area contributed by atoms with E-state index in [2.05, 4.69) is 15.3 Å². The maximum Gasteiger partial charge on any atom is 0.257 e. The van der Waals surface area contributed by atoms with Crippen LogP contribution in [-0.2, 0) is 0 Å². The van der Waals surface area contributed by atoms with E-state index in [-0.39, 0.29) is 11.5 Å². The van der Waals surface area contributed by atoms with Crippen molar-refractivity contribution < 1.29 is 4.79 Å². The molecule has 2 heterocycles. The Kier molecular flexibility index (Phi) is 3.61. The molecule has 0 bridgehead atoms. The number of rotatable bonds is 3. The standard InChI is InChI=1S/C15H11N3O2S/c19-13-5-4-11(9-17-13)14(20)18-12-3-1-2-10(8-12)15-16-6-7-21-15/h1-9H,(H,17,19)(H,18,20). The average Bonchev–Trinajstić information content (AvgIpc) is 3.02. The van der Waals surface area contributed by atoms with Crippen LogP contribution in [-0.4, -0.2) is 15.9 Å². The molecule has 6 heteroatoms. The van der Waals surface area contributed by atoms with Crippen LogP contribution < -0.4 is 10.9 Å². The van der Waals surface area contributed by atoms with Crippen molar-refractivity contribution in [2.24, 2.45) is 0 Å². The zero-order valence-electron chi connectivity index (χ0n) is 10.9. The summed E-state index contributed by atoms with van der Waals surface area (Å²) < 4.78 is 0. The quantitative estimate of drug-likeness (QED) is 0.780. The first-order chi connectivity index (χ1) is 10.2. The molecule has 3 aromatic rings. The summed E-state index contributed by atoms with van der Waals surface area (Å²) in [5.41, 5.74) is 1.79. The van der Waals surface area contributed by atoms with Crippen LogP contribution in [0.5, 0.6) is 0 Å². The van der Waals surface area contributed by atoms with E-state index in [1.54, 1.807) is 12.3 Å². The maximum atomic E-state index is 12.1. The number of carbonyl (C=O) groups is 1. The molecule has 21 heavy (non-hydrogen) atoms. The lowest BCUT2D eigenvalue weighted by atomic mass is 10.2. The van der Waals surface area contributed by atoms with Gasteiger partial charge in [-0.15, -0.1) is 11.3 Å². The van der Waals surface area contributed by atoms with Gasteiger partial charge in [0.1, 0.15) is 5.01 Å². The lowest BCUT2D eigenvalue weighted by Crippen LogP contribution is -2.14. The van der Waals surface area contributed by atoms with Gasteiger partial charge in [-0.2, -0.15) is 0 Å². The van der Waals surface area contributed by atoms with Gasteiger partial charge in [0.25, 0.3) is 5.91 Å². The van der Waals surface area contributed by atoms with Gasteiger partial charge in [-0.25, -0.2) is 4.98 Å². The molecule has 1 aromatic carbocycles. The van der Waals surface area contributed by atoms with Gasteiger partial charge in [0.2, 0.25) is 5.56 Å². The maximum absolute atomic E-state index is 12.1. The summed E-state index contributed by atoms with van der Waals surface area (Å²) in [5, 5.41) is 5.60. The van der Waals surface area contributed by atoms with Crippen LogP contribution in [0, 0.1) is 0 Å². The highest BCUT2D eigenvalue weighted by atomic mass is 32.1. The predicted octanol–water partition coefficient (Wildman–Crippen LogP) is 2.75. The van der Waals surface area contributed by atoms with Gasteiger partial charge in [-0.3, -0.25) is 9.59 Å². The fraction of sp³-hybridized carbons (Fsp3) is 0. The third kappa shape index (κ3) is 3.06. The van der Waals surface area contributed by atoms with Gasteiger partial charge < -0.3 is 10.3 Å². The van der Waals surface area contributed by atoms with Crippen molar-refractivity contribution in [1.29, 1.82) is 0 Å². The Morgan fingerprint density at radius 3 is 2.86 bits per heavy atom. The second-order valence-corrected chi connectivity index (χ2v) is 5.21. The molecule has 0 saturated carbocycles. The Bertz CT molecular complexity index is 804. The summed E-state index contributed by atoms with van der Waals surface area (Å²) in [4.78, 5) is 29.8. The Labute approximate surface area is 124 Å². The molecule has 0 aliphatic rings. The highest BCUT2D eigenvalue weighted by Crippen LogP contribution is 2.24. The highest BCUT2D eigenvalue weighted by molar-refractivity contribution is 7.13. The summed E-state index contributed by atoms with van der Waals surface area (Å²) in [7, 11) is 0. The SMILES string of the molecule is O=C(Nc1cccc(-c2nccs2)c1)c1ccc(=O)[nH]c1. The van der Waals surface area contributed by atoms with Crippen LogP contribution in [0.3, 0.4) is 0 Å². The van der Waals surface area contributed by atoms with Crippen molar-refractivity contribution in [1.82, 2.24) is 9.97 Å². The van der Waals surface area contributed by atoms with Crippen molar-refractivity contribution in [2.45, 2.75) is 0 Å². The summed E-state index contributed by atoms with van der Waals surface area (Å²) in [6.07, 6.45) is 3.13. The minimum Gasteiger partial charge on any atom is -0.328 e. The third-order valence-electron chi connectivity index (χ3n) is 2.85. The summed E-state index contributed by atoms with van der Waals surface area (Å²) in [6, 6.07) is 10.3. The van der Waals surface area contributed by atoms with Crippen molar-refractivity contribution in [3.8, 4) is 10.6 Å². The van der Waals surface area contributed by atoms with E-state index < -0.39 is 0 Å². The van der Waals surface area contributed by atoms with Gasteiger partial charge in [-0.1, -0.05) is 12.1 Å². The molecule has 2 N–H and O–H groups in total. The molecule has 0 radical (unpaired) electrons. The number of hydrogen-bond acceptors (Lipinski definition) is 4. The number of aromatic amines is 1. The zero-order chi connectivity index (χ0) is 14.7. The first-order valence-corrected chi connectivity index (χ1v) is 7.10. The number of pyridine rings is 1. The molecule has 0 saturated heterocycles. The van der Waals surface area contributed by atoms with E-state index >= 15 is 0 Å². The molecule has 1 amide bonds. The number of nitrogens with zero attached hydrogens (tertiary/aromatic N) is 1. The number of anilines is 1. The van der Waals surface area contributed by atoms with Crippen molar-refractivity contribution in [3.05, 3.63) is 70.1 Å². The fourth-order valence-electron chi connectivity index (χ4n) is 1.85. The van der Waals surface area contributed by atoms with Gasteiger partial charge in [0.15, 0.2) is 0 Å². The number of benzene rings is 1. The van der Waals surface area contributed by atoms with Gasteiger partial charge in [-0.05, 0) is 18.2 Å². The van der Waals surface area contributed by atoms with E-state index in [0.717, 1.165) is 10.6 Å². The molecule has 0 aliphatic heterocycles. The van der Waals surface area contributed by atoms with E-state index in [1.807, 2.05) is 23.6 Å². The normalized spacial score (nSPS) is 10.3. The highest BCUT2D eigenvalue weighted by Gasteiger charge is 2.07. The van der Waals surface area contributed by atoms with Crippen molar-refractivity contribution >= 4 is 22.9 Å². The second kappa shape index (κ2) is 5.72. The van der Waals surface area contributed by atoms with E-state index in [0.29, 0.717) is 11.3 Å². The smallest absolute Gasteiger partial charge is 0.257 e.